The maximum atomic E-state index is 6.04. The van der Waals surface area contributed by atoms with Crippen LogP contribution in [0.2, 0.25) is 0 Å². The zero-order valence-electron chi connectivity index (χ0n) is 12.9. The summed E-state index contributed by atoms with van der Waals surface area (Å²) in [6.45, 7) is 8.04. The molecule has 2 unspecified atom stereocenters. The first-order valence-electron chi connectivity index (χ1n) is 7.55. The number of rotatable bonds is 7. The molecule has 4 nitrogen and oxygen atoms in total. The molecule has 2 atom stereocenters. The predicted molar refractivity (Wildman–Crippen MR) is 82.2 cm³/mol. The average Bonchev–Trinajstić information content (AvgIpc) is 3.13. The lowest BCUT2D eigenvalue weighted by Crippen LogP contribution is -2.28. The monoisotopic (exact) mass is 298 g/mol. The molecule has 0 bridgehead atoms. The summed E-state index contributed by atoms with van der Waals surface area (Å²) in [5.74, 6) is 0. The molecule has 0 aromatic carbocycles. The standard InChI is InChI=1S/C15H26N2O2S/c1-5-15(6-2,19-7-3)14-17-13(10-20-14)12-8-11(18-4)9-16-12/h10-12,16H,5-9H2,1-4H3. The van der Waals surface area contributed by atoms with Crippen molar-refractivity contribution in [2.24, 2.45) is 0 Å². The van der Waals surface area contributed by atoms with Crippen LogP contribution in [0.5, 0.6) is 0 Å². The molecule has 0 aliphatic carbocycles. The lowest BCUT2D eigenvalue weighted by atomic mass is 9.98. The molecule has 2 rings (SSSR count). The van der Waals surface area contributed by atoms with Gasteiger partial charge >= 0.3 is 0 Å². The summed E-state index contributed by atoms with van der Waals surface area (Å²) in [4.78, 5) is 4.87. The lowest BCUT2D eigenvalue weighted by molar-refractivity contribution is -0.0507. The Morgan fingerprint density at radius 2 is 2.15 bits per heavy atom. The minimum Gasteiger partial charge on any atom is -0.380 e. The largest absolute Gasteiger partial charge is 0.380 e. The first-order chi connectivity index (χ1) is 9.69. The van der Waals surface area contributed by atoms with Crippen molar-refractivity contribution in [1.82, 2.24) is 10.3 Å². The smallest absolute Gasteiger partial charge is 0.125 e. The van der Waals surface area contributed by atoms with Gasteiger partial charge in [0.05, 0.1) is 17.8 Å². The van der Waals surface area contributed by atoms with E-state index in [0.29, 0.717) is 12.1 Å². The quantitative estimate of drug-likeness (QED) is 0.839. The Morgan fingerprint density at radius 1 is 1.40 bits per heavy atom. The molecular weight excluding hydrogens is 272 g/mol. The number of thiazole rings is 1. The van der Waals surface area contributed by atoms with Crippen LogP contribution in [0.15, 0.2) is 5.38 Å². The van der Waals surface area contributed by atoms with E-state index in [1.807, 2.05) is 0 Å². The highest BCUT2D eigenvalue weighted by molar-refractivity contribution is 7.09. The number of ether oxygens (including phenoxy) is 2. The molecule has 1 N–H and O–H groups in total. The zero-order valence-corrected chi connectivity index (χ0v) is 13.8. The average molecular weight is 298 g/mol. The Bertz CT molecular complexity index is 418. The molecule has 0 spiro atoms. The molecule has 2 heterocycles. The molecule has 0 radical (unpaired) electrons. The first kappa shape index (κ1) is 15.9. The molecule has 1 saturated heterocycles. The highest BCUT2D eigenvalue weighted by atomic mass is 32.1. The van der Waals surface area contributed by atoms with E-state index in [-0.39, 0.29) is 5.60 Å². The van der Waals surface area contributed by atoms with Crippen LogP contribution in [0.4, 0.5) is 0 Å². The zero-order chi connectivity index (χ0) is 14.6. The van der Waals surface area contributed by atoms with Gasteiger partial charge in [0, 0.05) is 25.6 Å². The van der Waals surface area contributed by atoms with Crippen LogP contribution in [-0.4, -0.2) is 31.3 Å². The Kier molecular flexibility index (Phi) is 5.55. The summed E-state index contributed by atoms with van der Waals surface area (Å²) in [6.07, 6.45) is 3.23. The van der Waals surface area contributed by atoms with Crippen molar-refractivity contribution < 1.29 is 9.47 Å². The molecule has 0 amide bonds. The van der Waals surface area contributed by atoms with Gasteiger partial charge in [0.2, 0.25) is 0 Å². The molecule has 0 saturated carbocycles. The fourth-order valence-corrected chi connectivity index (χ4v) is 4.03. The molecule has 5 heteroatoms. The van der Waals surface area contributed by atoms with E-state index >= 15 is 0 Å². The Hall–Kier alpha value is -0.490. The third-order valence-electron chi connectivity index (χ3n) is 4.26. The topological polar surface area (TPSA) is 43.4 Å². The van der Waals surface area contributed by atoms with Crippen LogP contribution >= 0.6 is 11.3 Å². The van der Waals surface area contributed by atoms with E-state index < -0.39 is 0 Å². The number of nitrogens with one attached hydrogen (secondary N) is 1. The molecule has 1 aromatic rings. The highest BCUT2D eigenvalue weighted by Gasteiger charge is 2.34. The van der Waals surface area contributed by atoms with E-state index in [4.69, 9.17) is 14.5 Å². The van der Waals surface area contributed by atoms with Gasteiger partial charge < -0.3 is 14.8 Å². The van der Waals surface area contributed by atoms with Crippen molar-refractivity contribution in [3.8, 4) is 0 Å². The molecule has 114 valence electrons. The second kappa shape index (κ2) is 6.98. The van der Waals surface area contributed by atoms with Gasteiger partial charge in [-0.2, -0.15) is 0 Å². The third-order valence-corrected chi connectivity index (χ3v) is 5.30. The Balaban J connectivity index is 2.15. The van der Waals surface area contributed by atoms with Crippen LogP contribution in [0, 0.1) is 0 Å². The van der Waals surface area contributed by atoms with Crippen LogP contribution in [0.1, 0.15) is 56.8 Å². The highest BCUT2D eigenvalue weighted by Crippen LogP contribution is 2.37. The summed E-state index contributed by atoms with van der Waals surface area (Å²) in [5.41, 5.74) is 0.923. The third kappa shape index (κ3) is 3.06. The Labute approximate surface area is 125 Å². The number of aromatic nitrogens is 1. The van der Waals surface area contributed by atoms with E-state index in [2.05, 4.69) is 31.5 Å². The van der Waals surface area contributed by atoms with E-state index in [1.54, 1.807) is 18.4 Å². The maximum Gasteiger partial charge on any atom is 0.125 e. The van der Waals surface area contributed by atoms with Crippen LogP contribution < -0.4 is 5.32 Å². The van der Waals surface area contributed by atoms with Gasteiger partial charge in [-0.05, 0) is 26.2 Å². The molecule has 1 aromatic heterocycles. The van der Waals surface area contributed by atoms with Gasteiger partial charge in [0.15, 0.2) is 0 Å². The summed E-state index contributed by atoms with van der Waals surface area (Å²) in [7, 11) is 1.77. The van der Waals surface area contributed by atoms with Gasteiger partial charge in [0.1, 0.15) is 10.6 Å². The van der Waals surface area contributed by atoms with Crippen LogP contribution in [0.3, 0.4) is 0 Å². The maximum absolute atomic E-state index is 6.04. The van der Waals surface area contributed by atoms with Gasteiger partial charge in [-0.1, -0.05) is 13.8 Å². The summed E-state index contributed by atoms with van der Waals surface area (Å²) >= 11 is 1.72. The molecule has 1 fully saturated rings. The van der Waals surface area contributed by atoms with Crippen LogP contribution in [0.25, 0.3) is 0 Å². The second-order valence-corrected chi connectivity index (χ2v) is 6.12. The van der Waals surface area contributed by atoms with Gasteiger partial charge in [-0.3, -0.25) is 0 Å². The lowest BCUT2D eigenvalue weighted by Gasteiger charge is -2.29. The van der Waals surface area contributed by atoms with Crippen molar-refractivity contribution >= 4 is 11.3 Å². The molecule has 20 heavy (non-hydrogen) atoms. The summed E-state index contributed by atoms with van der Waals surface area (Å²) < 4.78 is 11.4. The van der Waals surface area contributed by atoms with Crippen LogP contribution in [-0.2, 0) is 15.1 Å². The van der Waals surface area contributed by atoms with Gasteiger partial charge in [-0.25, -0.2) is 4.98 Å². The van der Waals surface area contributed by atoms with E-state index in [9.17, 15) is 0 Å². The fourth-order valence-electron chi connectivity index (χ4n) is 2.86. The summed E-state index contributed by atoms with van der Waals surface area (Å²) in [5, 5.41) is 6.77. The second-order valence-electron chi connectivity index (χ2n) is 5.27. The van der Waals surface area contributed by atoms with Crippen molar-refractivity contribution in [3.05, 3.63) is 16.1 Å². The Morgan fingerprint density at radius 3 is 2.70 bits per heavy atom. The minimum absolute atomic E-state index is 0.211. The van der Waals surface area contributed by atoms with Gasteiger partial charge in [-0.15, -0.1) is 11.3 Å². The number of hydrogen-bond donors (Lipinski definition) is 1. The van der Waals surface area contributed by atoms with Crippen molar-refractivity contribution in [3.63, 3.8) is 0 Å². The normalized spacial score (nSPS) is 23.4. The molecule has 1 aliphatic heterocycles. The van der Waals surface area contributed by atoms with Crippen molar-refractivity contribution in [1.29, 1.82) is 0 Å². The fraction of sp³-hybridized carbons (Fsp3) is 0.800. The summed E-state index contributed by atoms with van der Waals surface area (Å²) in [6, 6.07) is 0.318. The van der Waals surface area contributed by atoms with E-state index in [0.717, 1.165) is 43.1 Å². The minimum atomic E-state index is -0.211. The molecular formula is C15H26N2O2S. The van der Waals surface area contributed by atoms with Crippen molar-refractivity contribution in [2.75, 3.05) is 20.3 Å². The number of nitrogens with zero attached hydrogens (tertiary/aromatic N) is 1. The first-order valence-corrected chi connectivity index (χ1v) is 8.43. The number of methoxy groups -OCH3 is 1. The van der Waals surface area contributed by atoms with E-state index in [1.165, 1.54) is 0 Å². The predicted octanol–water partition coefficient (Wildman–Crippen LogP) is 3.24. The van der Waals surface area contributed by atoms with Gasteiger partial charge in [0.25, 0.3) is 0 Å². The molecule has 1 aliphatic rings. The van der Waals surface area contributed by atoms with Crippen molar-refractivity contribution in [2.45, 2.75) is 57.8 Å². The number of hydrogen-bond acceptors (Lipinski definition) is 5. The SMILES string of the molecule is CCOC(CC)(CC)c1nc(C2CC(OC)CN2)cs1.